The van der Waals surface area contributed by atoms with Gasteiger partial charge in [-0.05, 0) is 54.3 Å². The molecule has 1 aliphatic rings. The molecular weight excluding hydrogens is 338 g/mol. The monoisotopic (exact) mass is 359 g/mol. The zero-order chi connectivity index (χ0) is 19.3. The molecule has 0 bridgehead atoms. The van der Waals surface area contributed by atoms with Crippen LogP contribution in [0.2, 0.25) is 0 Å². The van der Waals surface area contributed by atoms with Crippen LogP contribution < -0.4 is 4.90 Å². The van der Waals surface area contributed by atoms with Crippen molar-refractivity contribution >= 4 is 11.6 Å². The normalized spacial score (nSPS) is 18.6. The van der Waals surface area contributed by atoms with Crippen LogP contribution in [-0.4, -0.2) is 23.2 Å². The van der Waals surface area contributed by atoms with Crippen molar-refractivity contribution in [1.82, 2.24) is 0 Å². The average Bonchev–Trinajstić information content (AvgIpc) is 2.89. The quantitative estimate of drug-likeness (QED) is 0.726. The second-order valence-electron chi connectivity index (χ2n) is 7.13. The number of aromatic hydroxyl groups is 2. The summed E-state index contributed by atoms with van der Waals surface area (Å²) < 4.78 is 0. The number of nitrogens with zero attached hydrogens (tertiary/aromatic N) is 1. The minimum Gasteiger partial charge on any atom is -0.508 e. The maximum Gasteiger partial charge on any atom is 0.246 e. The highest BCUT2D eigenvalue weighted by Gasteiger charge is 2.52. The molecule has 4 nitrogen and oxygen atoms in total. The maximum atomic E-state index is 13.7. The van der Waals surface area contributed by atoms with Crippen LogP contribution in [-0.2, 0) is 10.2 Å². The van der Waals surface area contributed by atoms with Crippen molar-refractivity contribution in [2.45, 2.75) is 19.3 Å². The molecule has 1 unspecified atom stereocenters. The van der Waals surface area contributed by atoms with E-state index in [1.807, 2.05) is 56.3 Å². The molecule has 0 spiro atoms. The molecule has 4 heteroatoms. The minimum absolute atomic E-state index is 0.0861. The molecule has 0 saturated heterocycles. The number of carbonyl (C=O) groups excluding carboxylic acids is 1. The molecule has 1 heterocycles. The smallest absolute Gasteiger partial charge is 0.246 e. The predicted octanol–water partition coefficient (Wildman–Crippen LogP) is 4.03. The summed E-state index contributed by atoms with van der Waals surface area (Å²) in [7, 11) is 1.77. The molecule has 27 heavy (non-hydrogen) atoms. The number of hydrogen-bond donors (Lipinski definition) is 2. The van der Waals surface area contributed by atoms with Crippen LogP contribution in [0.1, 0.15) is 27.8 Å². The Bertz CT molecular complexity index is 1020. The van der Waals surface area contributed by atoms with Gasteiger partial charge in [0.15, 0.2) is 0 Å². The van der Waals surface area contributed by atoms with Crippen molar-refractivity contribution in [3.8, 4) is 11.5 Å². The lowest BCUT2D eigenvalue weighted by atomic mass is 9.69. The van der Waals surface area contributed by atoms with Crippen molar-refractivity contribution in [3.63, 3.8) is 0 Å². The number of hydrogen-bond acceptors (Lipinski definition) is 3. The third-order valence-electron chi connectivity index (χ3n) is 5.57. The van der Waals surface area contributed by atoms with Gasteiger partial charge in [0.1, 0.15) is 16.9 Å². The first-order chi connectivity index (χ1) is 12.9. The molecule has 1 amide bonds. The van der Waals surface area contributed by atoms with Crippen molar-refractivity contribution < 1.29 is 15.0 Å². The Hall–Kier alpha value is -3.27. The fourth-order valence-electron chi connectivity index (χ4n) is 4.02. The van der Waals surface area contributed by atoms with Gasteiger partial charge in [0, 0.05) is 18.3 Å². The summed E-state index contributed by atoms with van der Waals surface area (Å²) in [4.78, 5) is 15.3. The molecule has 0 fully saturated rings. The first kappa shape index (κ1) is 17.2. The van der Waals surface area contributed by atoms with Crippen LogP contribution in [0, 0.1) is 13.8 Å². The van der Waals surface area contributed by atoms with Crippen molar-refractivity contribution in [1.29, 1.82) is 0 Å². The van der Waals surface area contributed by atoms with Gasteiger partial charge in [-0.3, -0.25) is 4.79 Å². The number of para-hydroxylation sites is 1. The van der Waals surface area contributed by atoms with E-state index >= 15 is 0 Å². The molecule has 136 valence electrons. The van der Waals surface area contributed by atoms with Gasteiger partial charge in [-0.2, -0.15) is 0 Å². The van der Waals surface area contributed by atoms with Gasteiger partial charge in [-0.1, -0.05) is 42.5 Å². The lowest BCUT2D eigenvalue weighted by Crippen LogP contribution is -2.40. The predicted molar refractivity (Wildman–Crippen MR) is 105 cm³/mol. The summed E-state index contributed by atoms with van der Waals surface area (Å²) in [6.07, 6.45) is 0. The molecule has 3 aromatic rings. The number of phenols is 2. The van der Waals surface area contributed by atoms with Crippen LogP contribution in [0.25, 0.3) is 0 Å². The van der Waals surface area contributed by atoms with E-state index in [0.717, 1.165) is 22.4 Å². The van der Waals surface area contributed by atoms with Gasteiger partial charge in [-0.15, -0.1) is 0 Å². The molecule has 0 radical (unpaired) electrons. The van der Waals surface area contributed by atoms with Crippen LogP contribution in [0.3, 0.4) is 0 Å². The first-order valence-electron chi connectivity index (χ1n) is 8.85. The highest BCUT2D eigenvalue weighted by molar-refractivity contribution is 6.12. The Morgan fingerprint density at radius 3 is 2.19 bits per heavy atom. The lowest BCUT2D eigenvalue weighted by Gasteiger charge is -2.30. The van der Waals surface area contributed by atoms with E-state index in [0.29, 0.717) is 11.1 Å². The fourth-order valence-corrected chi connectivity index (χ4v) is 4.02. The number of carbonyl (C=O) groups is 1. The maximum absolute atomic E-state index is 13.7. The number of phenolic OH excluding ortho intramolecular Hbond substituents is 2. The topological polar surface area (TPSA) is 60.8 Å². The Balaban J connectivity index is 2.12. The third kappa shape index (κ3) is 2.26. The second kappa shape index (κ2) is 5.88. The summed E-state index contributed by atoms with van der Waals surface area (Å²) in [6.45, 7) is 3.64. The summed E-state index contributed by atoms with van der Waals surface area (Å²) in [5, 5.41) is 20.4. The Labute approximate surface area is 158 Å². The lowest BCUT2D eigenvalue weighted by molar-refractivity contribution is -0.120. The zero-order valence-electron chi connectivity index (χ0n) is 15.5. The van der Waals surface area contributed by atoms with E-state index < -0.39 is 5.41 Å². The average molecular weight is 359 g/mol. The van der Waals surface area contributed by atoms with Crippen molar-refractivity contribution in [2.75, 3.05) is 11.9 Å². The molecule has 0 saturated carbocycles. The summed E-state index contributed by atoms with van der Waals surface area (Å²) in [6, 6.07) is 18.4. The molecule has 2 N–H and O–H groups in total. The van der Waals surface area contributed by atoms with E-state index in [9.17, 15) is 15.0 Å². The fraction of sp³-hybridized carbons (Fsp3) is 0.174. The largest absolute Gasteiger partial charge is 0.508 e. The number of benzene rings is 3. The highest BCUT2D eigenvalue weighted by atomic mass is 16.3. The summed E-state index contributed by atoms with van der Waals surface area (Å²) in [5.74, 6) is 0.256. The molecular formula is C23H21NO3. The molecule has 1 atom stereocenters. The number of fused-ring (bicyclic) bond motifs is 1. The van der Waals surface area contributed by atoms with Crippen molar-refractivity contribution in [3.05, 3.63) is 88.5 Å². The van der Waals surface area contributed by atoms with E-state index in [1.54, 1.807) is 30.1 Å². The summed E-state index contributed by atoms with van der Waals surface area (Å²) >= 11 is 0. The standard InChI is InChI=1S/C23H21NO3/c1-14-8-9-17(13-21(14)26)23(16-10-11-20(25)15(2)12-16)18-6-4-5-7-19(18)24(3)22(23)27/h4-13,25-26H,1-3H3. The van der Waals surface area contributed by atoms with E-state index in [2.05, 4.69) is 0 Å². The van der Waals surface area contributed by atoms with Crippen LogP contribution in [0.15, 0.2) is 60.7 Å². The van der Waals surface area contributed by atoms with E-state index in [4.69, 9.17) is 0 Å². The SMILES string of the molecule is Cc1cc(C2(c3ccc(C)c(O)c3)C(=O)N(C)c3ccccc32)ccc1O. The second-order valence-corrected chi connectivity index (χ2v) is 7.13. The molecule has 3 aromatic carbocycles. The van der Waals surface area contributed by atoms with Gasteiger partial charge in [0.2, 0.25) is 5.91 Å². The molecule has 0 aliphatic carbocycles. The van der Waals surface area contributed by atoms with Gasteiger partial charge in [0.25, 0.3) is 0 Å². The highest BCUT2D eigenvalue weighted by Crippen LogP contribution is 2.50. The van der Waals surface area contributed by atoms with Crippen LogP contribution in [0.5, 0.6) is 11.5 Å². The van der Waals surface area contributed by atoms with E-state index in [-0.39, 0.29) is 17.4 Å². The zero-order valence-corrected chi connectivity index (χ0v) is 15.5. The van der Waals surface area contributed by atoms with Gasteiger partial charge < -0.3 is 15.1 Å². The Kier molecular flexibility index (Phi) is 3.74. The number of amides is 1. The van der Waals surface area contributed by atoms with Gasteiger partial charge in [-0.25, -0.2) is 0 Å². The Morgan fingerprint density at radius 2 is 1.48 bits per heavy atom. The minimum atomic E-state index is -1.07. The van der Waals surface area contributed by atoms with Crippen molar-refractivity contribution in [2.24, 2.45) is 0 Å². The number of aryl methyl sites for hydroxylation is 2. The molecule has 4 rings (SSSR count). The number of likely N-dealkylation sites (N-methyl/N-ethyl adjacent to an activating group) is 1. The first-order valence-corrected chi connectivity index (χ1v) is 8.85. The van der Waals surface area contributed by atoms with Gasteiger partial charge >= 0.3 is 0 Å². The molecule has 0 aromatic heterocycles. The summed E-state index contributed by atoms with van der Waals surface area (Å²) in [5.41, 5.74) is 3.56. The third-order valence-corrected chi connectivity index (χ3v) is 5.57. The number of anilines is 1. The van der Waals surface area contributed by atoms with Crippen LogP contribution in [0.4, 0.5) is 5.69 Å². The molecule has 1 aliphatic heterocycles. The number of rotatable bonds is 2. The van der Waals surface area contributed by atoms with Crippen LogP contribution >= 0.6 is 0 Å². The van der Waals surface area contributed by atoms with Gasteiger partial charge in [0.05, 0.1) is 0 Å². The Morgan fingerprint density at radius 1 is 0.815 bits per heavy atom. The van der Waals surface area contributed by atoms with E-state index in [1.165, 1.54) is 0 Å².